The normalized spacial score (nSPS) is 11.1. The molecular formula is C8H10ClN5. The van der Waals surface area contributed by atoms with Gasteiger partial charge in [0.25, 0.3) is 0 Å². The van der Waals surface area contributed by atoms with E-state index < -0.39 is 0 Å². The molecule has 0 fully saturated rings. The minimum atomic E-state index is 0.334. The van der Waals surface area contributed by atoms with Crippen molar-refractivity contribution in [1.29, 1.82) is 5.41 Å². The summed E-state index contributed by atoms with van der Waals surface area (Å²) >= 11 is 5.71. The van der Waals surface area contributed by atoms with E-state index in [1.807, 2.05) is 0 Å². The minimum absolute atomic E-state index is 0.334. The zero-order chi connectivity index (χ0) is 10.6. The first-order chi connectivity index (χ1) is 6.70. The maximum absolute atomic E-state index is 6.99. The lowest BCUT2D eigenvalue weighted by Crippen LogP contribution is -2.22. The van der Waals surface area contributed by atoms with E-state index in [2.05, 4.69) is 9.98 Å². The maximum Gasteiger partial charge on any atom is 0.154 e. The molecule has 0 aromatic carbocycles. The van der Waals surface area contributed by atoms with Crippen LogP contribution in [0.5, 0.6) is 0 Å². The predicted octanol–water partition coefficient (Wildman–Crippen LogP) is 1.10. The molecule has 0 aliphatic rings. The summed E-state index contributed by atoms with van der Waals surface area (Å²) in [6, 6.07) is 3.47. The number of nitrogen functional groups attached to an aromatic ring is 1. The fraction of sp³-hybridized carbons (Fsp3) is 0.125. The number of nitrogens with one attached hydrogen (secondary N) is 1. The molecule has 1 rings (SSSR count). The van der Waals surface area contributed by atoms with Crippen LogP contribution in [-0.2, 0) is 0 Å². The van der Waals surface area contributed by atoms with Crippen molar-refractivity contribution < 1.29 is 0 Å². The van der Waals surface area contributed by atoms with Gasteiger partial charge in [-0.3, -0.25) is 10.4 Å². The van der Waals surface area contributed by atoms with E-state index in [0.29, 0.717) is 17.2 Å². The molecule has 1 aromatic heterocycles. The van der Waals surface area contributed by atoms with E-state index in [1.54, 1.807) is 25.4 Å². The van der Waals surface area contributed by atoms with Crippen LogP contribution in [0.1, 0.15) is 5.56 Å². The Morgan fingerprint density at radius 3 is 3.00 bits per heavy atom. The Balaban J connectivity index is 3.14. The van der Waals surface area contributed by atoms with Crippen molar-refractivity contribution in [1.82, 2.24) is 9.40 Å². The first kappa shape index (κ1) is 10.5. The van der Waals surface area contributed by atoms with Crippen LogP contribution >= 0.6 is 11.8 Å². The molecule has 0 amide bonds. The van der Waals surface area contributed by atoms with Crippen LogP contribution in [-0.4, -0.2) is 28.6 Å². The molecule has 0 bridgehead atoms. The van der Waals surface area contributed by atoms with Crippen molar-refractivity contribution in [3.8, 4) is 0 Å². The van der Waals surface area contributed by atoms with Gasteiger partial charge in [-0.15, -0.1) is 0 Å². The van der Waals surface area contributed by atoms with Crippen molar-refractivity contribution in [2.75, 3.05) is 12.8 Å². The predicted molar refractivity (Wildman–Crippen MR) is 57.6 cm³/mol. The van der Waals surface area contributed by atoms with E-state index in [9.17, 15) is 0 Å². The summed E-state index contributed by atoms with van der Waals surface area (Å²) < 4.78 is 1.05. The van der Waals surface area contributed by atoms with Crippen LogP contribution in [0.4, 0.5) is 5.82 Å². The number of nitrogens with two attached hydrogens (primary N) is 1. The van der Waals surface area contributed by atoms with Gasteiger partial charge >= 0.3 is 0 Å². The number of rotatable bonds is 2. The second-order valence-electron chi connectivity index (χ2n) is 2.42. The second-order valence-corrected chi connectivity index (χ2v) is 2.79. The van der Waals surface area contributed by atoms with E-state index in [0.717, 1.165) is 10.8 Å². The molecule has 0 radical (unpaired) electrons. The van der Waals surface area contributed by atoms with Gasteiger partial charge < -0.3 is 5.73 Å². The van der Waals surface area contributed by atoms with Crippen molar-refractivity contribution in [3.05, 3.63) is 23.9 Å². The minimum Gasteiger partial charge on any atom is -0.383 e. The topological polar surface area (TPSA) is 78.4 Å². The zero-order valence-electron chi connectivity index (χ0n) is 7.61. The van der Waals surface area contributed by atoms with Gasteiger partial charge in [0.05, 0.1) is 5.56 Å². The monoisotopic (exact) mass is 211 g/mol. The summed E-state index contributed by atoms with van der Waals surface area (Å²) in [4.78, 5) is 7.83. The lowest BCUT2D eigenvalue weighted by atomic mass is 10.2. The van der Waals surface area contributed by atoms with Gasteiger partial charge in [-0.25, -0.2) is 9.40 Å². The van der Waals surface area contributed by atoms with E-state index >= 15 is 0 Å². The molecule has 6 heteroatoms. The highest BCUT2D eigenvalue weighted by atomic mass is 35.5. The van der Waals surface area contributed by atoms with E-state index in [4.69, 9.17) is 22.9 Å². The molecule has 0 atom stereocenters. The summed E-state index contributed by atoms with van der Waals surface area (Å²) in [7, 11) is 1.57. The lowest BCUT2D eigenvalue weighted by molar-refractivity contribution is 0.990. The Hall–Kier alpha value is -1.62. The van der Waals surface area contributed by atoms with Gasteiger partial charge in [-0.2, -0.15) is 0 Å². The molecular weight excluding hydrogens is 202 g/mol. The molecule has 0 saturated carbocycles. The number of amidine groups is 1. The quantitative estimate of drug-likeness (QED) is 0.437. The Bertz CT molecular complexity index is 363. The van der Waals surface area contributed by atoms with Gasteiger partial charge in [-0.1, -0.05) is 0 Å². The fourth-order valence-corrected chi connectivity index (χ4v) is 1.17. The third-order valence-corrected chi connectivity index (χ3v) is 1.86. The number of nitrogens with zero attached hydrogens (tertiary/aromatic N) is 3. The first-order valence-electron chi connectivity index (χ1n) is 3.84. The van der Waals surface area contributed by atoms with Gasteiger partial charge in [0.1, 0.15) is 12.2 Å². The summed E-state index contributed by atoms with van der Waals surface area (Å²) in [6.45, 7) is 0. The van der Waals surface area contributed by atoms with Gasteiger partial charge in [-0.05, 0) is 12.1 Å². The lowest BCUT2D eigenvalue weighted by Gasteiger charge is -2.12. The Morgan fingerprint density at radius 1 is 1.79 bits per heavy atom. The molecule has 14 heavy (non-hydrogen) atoms. The summed E-state index contributed by atoms with van der Waals surface area (Å²) in [6.07, 6.45) is 2.52. The van der Waals surface area contributed by atoms with Crippen LogP contribution < -0.4 is 5.73 Å². The Labute approximate surface area is 86.8 Å². The largest absolute Gasteiger partial charge is 0.383 e. The van der Waals surface area contributed by atoms with Gasteiger partial charge in [0.2, 0.25) is 0 Å². The smallest absolute Gasteiger partial charge is 0.154 e. The first-order valence-corrected chi connectivity index (χ1v) is 4.17. The molecule has 5 nitrogen and oxygen atoms in total. The number of anilines is 1. The molecule has 0 aliphatic carbocycles. The van der Waals surface area contributed by atoms with E-state index in [1.165, 1.54) is 0 Å². The molecule has 0 unspecified atom stereocenters. The summed E-state index contributed by atoms with van der Waals surface area (Å²) in [5.41, 5.74) is 6.24. The van der Waals surface area contributed by atoms with E-state index in [-0.39, 0.29) is 0 Å². The fourth-order valence-electron chi connectivity index (χ4n) is 0.999. The Kier molecular flexibility index (Phi) is 3.41. The summed E-state index contributed by atoms with van der Waals surface area (Å²) in [5.74, 6) is 0.730. The third kappa shape index (κ3) is 2.00. The molecule has 1 aromatic rings. The number of aliphatic imine (C=N–C) groups is 1. The number of pyridine rings is 1. The van der Waals surface area contributed by atoms with Crippen molar-refractivity contribution in [3.63, 3.8) is 0 Å². The van der Waals surface area contributed by atoms with Crippen LogP contribution in [0.2, 0.25) is 0 Å². The van der Waals surface area contributed by atoms with Crippen molar-refractivity contribution >= 4 is 29.8 Å². The van der Waals surface area contributed by atoms with Crippen LogP contribution in [0.25, 0.3) is 0 Å². The van der Waals surface area contributed by atoms with Gasteiger partial charge in [0, 0.05) is 25.0 Å². The van der Waals surface area contributed by atoms with Gasteiger partial charge in [0.15, 0.2) is 5.84 Å². The van der Waals surface area contributed by atoms with Crippen molar-refractivity contribution in [2.45, 2.75) is 0 Å². The highest BCUT2D eigenvalue weighted by Gasteiger charge is 2.11. The zero-order valence-corrected chi connectivity index (χ0v) is 8.36. The highest BCUT2D eigenvalue weighted by molar-refractivity contribution is 6.31. The summed E-state index contributed by atoms with van der Waals surface area (Å²) in [5, 5.41) is 6.99. The second kappa shape index (κ2) is 4.57. The molecule has 74 valence electrons. The maximum atomic E-state index is 6.99. The third-order valence-electron chi connectivity index (χ3n) is 1.61. The average molecular weight is 212 g/mol. The SMILES string of the molecule is CN=C(c1cccnc1N)N(Cl)C=N. The Morgan fingerprint density at radius 2 is 2.50 bits per heavy atom. The standard InChI is InChI=1S/C8H10ClN5/c1-12-8(14(9)5-10)6-3-2-4-13-7(6)11/h2-5,10H,1H3,(H2,11,13). The highest BCUT2D eigenvalue weighted by Crippen LogP contribution is 2.12. The average Bonchev–Trinajstić information content (AvgIpc) is 2.21. The number of aromatic nitrogens is 1. The molecule has 3 N–H and O–H groups in total. The molecule has 0 spiro atoms. The number of halogens is 1. The molecule has 0 aliphatic heterocycles. The van der Waals surface area contributed by atoms with Crippen molar-refractivity contribution in [2.24, 2.45) is 4.99 Å². The van der Waals surface area contributed by atoms with Crippen LogP contribution in [0.15, 0.2) is 23.3 Å². The molecule has 1 heterocycles. The van der Waals surface area contributed by atoms with Crippen LogP contribution in [0, 0.1) is 5.41 Å². The number of hydrogen-bond donors (Lipinski definition) is 2. The van der Waals surface area contributed by atoms with Crippen LogP contribution in [0.3, 0.4) is 0 Å². The molecule has 0 saturated heterocycles. The number of hydrogen-bond acceptors (Lipinski definition) is 4.